The molecule has 94 valence electrons. The average molecular weight is 249 g/mol. The first-order valence-electron chi connectivity index (χ1n) is 6.67. The molecule has 0 amide bonds. The third-order valence-corrected chi connectivity index (χ3v) is 3.80. The number of rotatable bonds is 1. The van der Waals surface area contributed by atoms with E-state index < -0.39 is 0 Å². The molecule has 0 aliphatic carbocycles. The number of benzene rings is 2. The van der Waals surface area contributed by atoms with Gasteiger partial charge < -0.3 is 9.73 Å². The summed E-state index contributed by atoms with van der Waals surface area (Å²) in [6, 6.07) is 14.8. The van der Waals surface area contributed by atoms with Gasteiger partial charge in [-0.15, -0.1) is 0 Å². The Morgan fingerprint density at radius 1 is 1.11 bits per heavy atom. The molecule has 1 aliphatic rings. The summed E-state index contributed by atoms with van der Waals surface area (Å²) in [5.41, 5.74) is 6.06. The molecule has 0 bridgehead atoms. The van der Waals surface area contributed by atoms with Crippen molar-refractivity contribution in [1.29, 1.82) is 0 Å². The van der Waals surface area contributed by atoms with Gasteiger partial charge in [-0.1, -0.05) is 23.8 Å². The van der Waals surface area contributed by atoms with Gasteiger partial charge in [0.1, 0.15) is 11.3 Å². The molecule has 2 heteroatoms. The van der Waals surface area contributed by atoms with Gasteiger partial charge in [0, 0.05) is 23.2 Å². The predicted molar refractivity (Wildman–Crippen MR) is 78.6 cm³/mol. The van der Waals surface area contributed by atoms with Crippen LogP contribution in [0.1, 0.15) is 11.1 Å². The largest absolute Gasteiger partial charge is 0.456 e. The minimum absolute atomic E-state index is 0.962. The van der Waals surface area contributed by atoms with E-state index in [9.17, 15) is 0 Å². The normalized spacial score (nSPS) is 13.5. The van der Waals surface area contributed by atoms with E-state index in [1.54, 1.807) is 0 Å². The van der Waals surface area contributed by atoms with Gasteiger partial charge in [0.2, 0.25) is 0 Å². The lowest BCUT2D eigenvalue weighted by atomic mass is 10.0. The fraction of sp³-hybridized carbons (Fsp3) is 0.176. The lowest BCUT2D eigenvalue weighted by Gasteiger charge is -2.04. The van der Waals surface area contributed by atoms with Gasteiger partial charge in [0.05, 0.1) is 0 Å². The van der Waals surface area contributed by atoms with Crippen LogP contribution in [0.4, 0.5) is 5.69 Å². The monoisotopic (exact) mass is 249 g/mol. The van der Waals surface area contributed by atoms with E-state index in [0.717, 1.165) is 24.3 Å². The Kier molecular flexibility index (Phi) is 2.18. The van der Waals surface area contributed by atoms with Crippen molar-refractivity contribution in [2.75, 3.05) is 11.9 Å². The number of anilines is 1. The number of furan rings is 1. The maximum atomic E-state index is 6.01. The molecule has 1 N–H and O–H groups in total. The third-order valence-electron chi connectivity index (χ3n) is 3.80. The molecule has 0 unspecified atom stereocenters. The zero-order chi connectivity index (χ0) is 12.8. The Morgan fingerprint density at radius 3 is 3.00 bits per heavy atom. The van der Waals surface area contributed by atoms with Crippen LogP contribution in [0.3, 0.4) is 0 Å². The van der Waals surface area contributed by atoms with Gasteiger partial charge in [-0.2, -0.15) is 0 Å². The lowest BCUT2D eigenvalue weighted by Crippen LogP contribution is -1.90. The van der Waals surface area contributed by atoms with Crippen molar-refractivity contribution in [3.63, 3.8) is 0 Å². The number of hydrogen-bond donors (Lipinski definition) is 1. The zero-order valence-corrected chi connectivity index (χ0v) is 10.9. The van der Waals surface area contributed by atoms with E-state index in [2.05, 4.69) is 54.7 Å². The second-order valence-corrected chi connectivity index (χ2v) is 5.16. The first-order chi connectivity index (χ1) is 9.31. The maximum Gasteiger partial charge on any atom is 0.135 e. The minimum Gasteiger partial charge on any atom is -0.456 e. The standard InChI is InChI=1S/C17H15NO/c1-11-5-6-16-12(9-11)10-17(19-16)14-3-2-4-15-13(14)7-8-18-15/h2-6,9-10,18H,7-8H2,1H3. The first kappa shape index (κ1) is 10.7. The van der Waals surface area contributed by atoms with Crippen molar-refractivity contribution in [1.82, 2.24) is 0 Å². The van der Waals surface area contributed by atoms with Crippen molar-refractivity contribution in [3.8, 4) is 11.3 Å². The molecule has 3 aromatic rings. The second kappa shape index (κ2) is 3.89. The molecule has 0 saturated carbocycles. The summed E-state index contributed by atoms with van der Waals surface area (Å²) in [5, 5.41) is 4.59. The third kappa shape index (κ3) is 1.64. The van der Waals surface area contributed by atoms with Crippen molar-refractivity contribution >= 4 is 16.7 Å². The molecule has 2 heterocycles. The summed E-state index contributed by atoms with van der Waals surface area (Å²) in [6.45, 7) is 3.13. The fourth-order valence-corrected chi connectivity index (χ4v) is 2.87. The van der Waals surface area contributed by atoms with E-state index in [0.29, 0.717) is 0 Å². The van der Waals surface area contributed by atoms with Crippen LogP contribution in [0.2, 0.25) is 0 Å². The Hall–Kier alpha value is -2.22. The smallest absolute Gasteiger partial charge is 0.135 e. The summed E-state index contributed by atoms with van der Waals surface area (Å²) >= 11 is 0. The first-order valence-corrected chi connectivity index (χ1v) is 6.67. The number of aryl methyl sites for hydroxylation is 1. The van der Waals surface area contributed by atoms with Crippen LogP contribution in [0.5, 0.6) is 0 Å². The minimum atomic E-state index is 0.962. The molecule has 0 atom stereocenters. The van der Waals surface area contributed by atoms with Crippen molar-refractivity contribution < 1.29 is 4.42 Å². The molecule has 1 aliphatic heterocycles. The quantitative estimate of drug-likeness (QED) is 0.692. The number of hydrogen-bond acceptors (Lipinski definition) is 2. The van der Waals surface area contributed by atoms with Gasteiger partial charge in [-0.25, -0.2) is 0 Å². The number of fused-ring (bicyclic) bond motifs is 2. The van der Waals surface area contributed by atoms with Crippen LogP contribution in [0.25, 0.3) is 22.3 Å². The van der Waals surface area contributed by atoms with Crippen LogP contribution < -0.4 is 5.32 Å². The summed E-state index contributed by atoms with van der Waals surface area (Å²) in [5.74, 6) is 0.973. The van der Waals surface area contributed by atoms with Gasteiger partial charge in [0.15, 0.2) is 0 Å². The molecule has 0 saturated heterocycles. The summed E-state index contributed by atoms with van der Waals surface area (Å²) in [6.07, 6.45) is 1.07. The molecule has 0 spiro atoms. The van der Waals surface area contributed by atoms with Gasteiger partial charge in [-0.05, 0) is 43.2 Å². The van der Waals surface area contributed by atoms with Crippen LogP contribution in [-0.2, 0) is 6.42 Å². The summed E-state index contributed by atoms with van der Waals surface area (Å²) in [7, 11) is 0. The van der Waals surface area contributed by atoms with Crippen LogP contribution in [0, 0.1) is 6.92 Å². The SMILES string of the molecule is Cc1ccc2oc(-c3cccc4c3CCN4)cc2c1. The van der Waals surface area contributed by atoms with E-state index in [1.807, 2.05) is 0 Å². The second-order valence-electron chi connectivity index (χ2n) is 5.16. The topological polar surface area (TPSA) is 25.2 Å². The molecular weight excluding hydrogens is 234 g/mol. The van der Waals surface area contributed by atoms with Crippen LogP contribution >= 0.6 is 0 Å². The van der Waals surface area contributed by atoms with E-state index in [-0.39, 0.29) is 0 Å². The zero-order valence-electron chi connectivity index (χ0n) is 10.9. The Bertz CT molecular complexity index is 770. The Labute approximate surface area is 112 Å². The lowest BCUT2D eigenvalue weighted by molar-refractivity contribution is 0.631. The summed E-state index contributed by atoms with van der Waals surface area (Å²) < 4.78 is 6.01. The fourth-order valence-electron chi connectivity index (χ4n) is 2.87. The molecule has 4 rings (SSSR count). The van der Waals surface area contributed by atoms with Gasteiger partial charge in [0.25, 0.3) is 0 Å². The van der Waals surface area contributed by atoms with Crippen LogP contribution in [-0.4, -0.2) is 6.54 Å². The van der Waals surface area contributed by atoms with Gasteiger partial charge in [-0.3, -0.25) is 0 Å². The molecule has 0 radical (unpaired) electrons. The van der Waals surface area contributed by atoms with Crippen molar-refractivity contribution in [2.24, 2.45) is 0 Å². The van der Waals surface area contributed by atoms with E-state index in [4.69, 9.17) is 4.42 Å². The van der Waals surface area contributed by atoms with Gasteiger partial charge >= 0.3 is 0 Å². The Morgan fingerprint density at radius 2 is 2.05 bits per heavy atom. The van der Waals surface area contributed by atoms with E-state index in [1.165, 1.54) is 27.8 Å². The molecular formula is C17H15NO. The highest BCUT2D eigenvalue weighted by atomic mass is 16.3. The predicted octanol–water partition coefficient (Wildman–Crippen LogP) is 4.38. The van der Waals surface area contributed by atoms with Crippen molar-refractivity contribution in [2.45, 2.75) is 13.3 Å². The van der Waals surface area contributed by atoms with Crippen LogP contribution in [0.15, 0.2) is 46.9 Å². The van der Waals surface area contributed by atoms with Crippen molar-refractivity contribution in [3.05, 3.63) is 53.6 Å². The molecule has 2 nitrogen and oxygen atoms in total. The molecule has 0 fully saturated rings. The molecule has 2 aromatic carbocycles. The van der Waals surface area contributed by atoms with E-state index >= 15 is 0 Å². The average Bonchev–Trinajstić information content (AvgIpc) is 3.03. The highest BCUT2D eigenvalue weighted by molar-refractivity contribution is 5.85. The highest BCUT2D eigenvalue weighted by Crippen LogP contribution is 2.35. The Balaban J connectivity index is 1.93. The highest BCUT2D eigenvalue weighted by Gasteiger charge is 2.17. The maximum absolute atomic E-state index is 6.01. The molecule has 1 aromatic heterocycles. The molecule has 19 heavy (non-hydrogen) atoms. The number of nitrogens with one attached hydrogen (secondary N) is 1. The summed E-state index contributed by atoms with van der Waals surface area (Å²) in [4.78, 5) is 0.